The van der Waals surface area contributed by atoms with Crippen molar-refractivity contribution in [1.29, 1.82) is 0 Å². The summed E-state index contributed by atoms with van der Waals surface area (Å²) in [5.74, 6) is -0.760. The quantitative estimate of drug-likeness (QED) is 0.423. The predicted molar refractivity (Wildman–Crippen MR) is 135 cm³/mol. The fraction of sp³-hybridized carbons (Fsp3) is 0.462. The molecule has 4 rings (SSSR count). The third kappa shape index (κ3) is 5.35. The van der Waals surface area contributed by atoms with Crippen LogP contribution in [-0.4, -0.2) is 55.8 Å². The molecule has 1 aliphatic heterocycles. The summed E-state index contributed by atoms with van der Waals surface area (Å²) in [5, 5.41) is 26.7. The first kappa shape index (κ1) is 26.0. The van der Waals surface area contributed by atoms with Crippen molar-refractivity contribution in [2.24, 2.45) is 5.92 Å². The number of carbonyl (C=O) groups excluding carboxylic acids is 2. The Bertz CT molecular complexity index is 1210. The van der Waals surface area contributed by atoms with E-state index in [1.165, 1.54) is 16.2 Å². The van der Waals surface area contributed by atoms with Crippen LogP contribution in [0.3, 0.4) is 0 Å². The van der Waals surface area contributed by atoms with Crippen molar-refractivity contribution in [2.75, 3.05) is 6.54 Å². The molecule has 0 saturated carbocycles. The van der Waals surface area contributed by atoms with E-state index in [4.69, 9.17) is 4.52 Å². The molecule has 4 atom stereocenters. The molecule has 3 heterocycles. The van der Waals surface area contributed by atoms with Gasteiger partial charge in [0.25, 0.3) is 0 Å². The lowest BCUT2D eigenvalue weighted by Crippen LogP contribution is -2.48. The van der Waals surface area contributed by atoms with Crippen molar-refractivity contribution >= 4 is 23.2 Å². The highest BCUT2D eigenvalue weighted by atomic mass is 32.1. The summed E-state index contributed by atoms with van der Waals surface area (Å²) in [6.45, 7) is 7.49. The maximum Gasteiger partial charge on any atom is 0.243 e. The Labute approximate surface area is 214 Å². The summed E-state index contributed by atoms with van der Waals surface area (Å²) in [4.78, 5) is 33.4. The first-order valence-electron chi connectivity index (χ1n) is 12.0. The zero-order chi connectivity index (χ0) is 26.0. The van der Waals surface area contributed by atoms with Gasteiger partial charge in [-0.1, -0.05) is 43.3 Å². The maximum atomic E-state index is 13.5. The number of hydrogen-bond acceptors (Lipinski definition) is 8. The molecular weight excluding hydrogens is 480 g/mol. The number of aryl methyl sites for hydroxylation is 1. The Balaban J connectivity index is 1.47. The third-order valence-corrected chi connectivity index (χ3v) is 7.49. The summed E-state index contributed by atoms with van der Waals surface area (Å²) in [6, 6.07) is 8.38. The topological polar surface area (TPSA) is 129 Å². The molecular formula is C26H32N4O5S. The average molecular weight is 513 g/mol. The number of likely N-dealkylation sites (tertiary alicyclic amines) is 1. The van der Waals surface area contributed by atoms with E-state index in [-0.39, 0.29) is 43.3 Å². The van der Waals surface area contributed by atoms with Gasteiger partial charge in [0, 0.05) is 19.0 Å². The molecule has 0 spiro atoms. The predicted octanol–water partition coefficient (Wildman–Crippen LogP) is 3.18. The number of aromatic nitrogens is 2. The molecule has 1 aliphatic rings. The van der Waals surface area contributed by atoms with Gasteiger partial charge in [0.15, 0.2) is 0 Å². The van der Waals surface area contributed by atoms with Crippen LogP contribution in [0.15, 0.2) is 40.4 Å². The second-order valence-electron chi connectivity index (χ2n) is 9.63. The molecule has 0 aliphatic carbocycles. The van der Waals surface area contributed by atoms with Crippen LogP contribution in [0.4, 0.5) is 0 Å². The Morgan fingerprint density at radius 3 is 2.58 bits per heavy atom. The molecule has 1 aromatic carbocycles. The van der Waals surface area contributed by atoms with E-state index in [1.807, 2.05) is 45.0 Å². The molecule has 2 amide bonds. The van der Waals surface area contributed by atoms with Crippen molar-refractivity contribution in [3.63, 3.8) is 0 Å². The number of benzene rings is 1. The fourth-order valence-corrected chi connectivity index (χ4v) is 5.49. The zero-order valence-electron chi connectivity index (χ0n) is 20.8. The molecule has 9 nitrogen and oxygen atoms in total. The Morgan fingerprint density at radius 1 is 1.25 bits per heavy atom. The number of aliphatic hydroxyl groups is 2. The number of amides is 2. The Hall–Kier alpha value is -3.08. The number of aliphatic hydroxyl groups excluding tert-OH is 2. The van der Waals surface area contributed by atoms with Gasteiger partial charge in [0.05, 0.1) is 40.5 Å². The lowest BCUT2D eigenvalue weighted by molar-refractivity contribution is -0.141. The van der Waals surface area contributed by atoms with Crippen molar-refractivity contribution in [3.8, 4) is 10.4 Å². The van der Waals surface area contributed by atoms with E-state index in [2.05, 4.69) is 15.5 Å². The summed E-state index contributed by atoms with van der Waals surface area (Å²) in [5.41, 5.74) is 4.87. The van der Waals surface area contributed by atoms with Crippen molar-refractivity contribution < 1.29 is 24.3 Å². The zero-order valence-corrected chi connectivity index (χ0v) is 21.7. The second kappa shape index (κ2) is 10.9. The molecule has 1 saturated heterocycles. The smallest absolute Gasteiger partial charge is 0.243 e. The maximum absolute atomic E-state index is 13.5. The van der Waals surface area contributed by atoms with Crippen LogP contribution in [-0.2, 0) is 16.2 Å². The average Bonchev–Trinajstić information content (AvgIpc) is 3.58. The van der Waals surface area contributed by atoms with Crippen molar-refractivity contribution in [2.45, 2.75) is 64.8 Å². The van der Waals surface area contributed by atoms with Gasteiger partial charge in [-0.3, -0.25) is 9.59 Å². The standard InChI is InChI=1S/C26H32N4O5S/c1-14(2)23(22-9-15(3)29-35-22)26(34)30-11-19(32)10-21(30)25(33)28-16(4)17-5-7-18(8-6-17)24-20(12-31)27-13-36-24/h5-9,13-14,16,19,21,23,31-32H,10-12H2,1-4H3,(H,28,33). The first-order chi connectivity index (χ1) is 17.2. The molecule has 192 valence electrons. The molecule has 0 bridgehead atoms. The minimum Gasteiger partial charge on any atom is -0.391 e. The molecule has 4 unspecified atom stereocenters. The minimum absolute atomic E-state index is 0.0753. The van der Waals surface area contributed by atoms with E-state index in [0.717, 1.165) is 16.0 Å². The first-order valence-corrected chi connectivity index (χ1v) is 12.9. The van der Waals surface area contributed by atoms with Gasteiger partial charge in [-0.2, -0.15) is 0 Å². The van der Waals surface area contributed by atoms with Crippen LogP contribution in [0.2, 0.25) is 0 Å². The largest absolute Gasteiger partial charge is 0.391 e. The molecule has 10 heteroatoms. The van der Waals surface area contributed by atoms with Gasteiger partial charge in [-0.25, -0.2) is 4.98 Å². The summed E-state index contributed by atoms with van der Waals surface area (Å²) < 4.78 is 5.39. The van der Waals surface area contributed by atoms with E-state index in [1.54, 1.807) is 18.5 Å². The number of carbonyl (C=O) groups is 2. The molecule has 0 radical (unpaired) electrons. The van der Waals surface area contributed by atoms with Crippen molar-refractivity contribution in [3.05, 3.63) is 58.6 Å². The summed E-state index contributed by atoms with van der Waals surface area (Å²) >= 11 is 1.46. The van der Waals surface area contributed by atoms with Gasteiger partial charge >= 0.3 is 0 Å². The van der Waals surface area contributed by atoms with Crippen LogP contribution in [0.5, 0.6) is 0 Å². The number of rotatable bonds is 8. The van der Waals surface area contributed by atoms with Gasteiger partial charge in [-0.05, 0) is 30.9 Å². The van der Waals surface area contributed by atoms with E-state index in [9.17, 15) is 19.8 Å². The Morgan fingerprint density at radius 2 is 1.97 bits per heavy atom. The minimum atomic E-state index is -0.774. The number of nitrogens with one attached hydrogen (secondary N) is 1. The summed E-state index contributed by atoms with van der Waals surface area (Å²) in [6.07, 6.45) is -0.595. The lowest BCUT2D eigenvalue weighted by atomic mass is 9.91. The van der Waals surface area contributed by atoms with E-state index < -0.39 is 18.1 Å². The fourth-order valence-electron chi connectivity index (χ4n) is 4.68. The van der Waals surface area contributed by atoms with Crippen LogP contribution in [0, 0.1) is 12.8 Å². The van der Waals surface area contributed by atoms with Gasteiger partial charge in [0.2, 0.25) is 11.8 Å². The SMILES string of the molecule is Cc1cc(C(C(=O)N2CC(O)CC2C(=O)NC(C)c2ccc(-c3scnc3CO)cc2)C(C)C)on1. The third-order valence-electron chi connectivity index (χ3n) is 6.57. The van der Waals surface area contributed by atoms with Gasteiger partial charge in [0.1, 0.15) is 17.7 Å². The van der Waals surface area contributed by atoms with Gasteiger partial charge < -0.3 is 25.0 Å². The highest BCUT2D eigenvalue weighted by molar-refractivity contribution is 7.13. The molecule has 1 fully saturated rings. The van der Waals surface area contributed by atoms with Crippen molar-refractivity contribution in [1.82, 2.24) is 20.4 Å². The monoisotopic (exact) mass is 512 g/mol. The summed E-state index contributed by atoms with van der Waals surface area (Å²) in [7, 11) is 0. The molecule has 2 aromatic heterocycles. The number of hydrogen-bond donors (Lipinski definition) is 3. The highest BCUT2D eigenvalue weighted by Crippen LogP contribution is 2.32. The van der Waals surface area contributed by atoms with Crippen LogP contribution >= 0.6 is 11.3 Å². The molecule has 3 N–H and O–H groups in total. The number of β-amino-alcohol motifs (C(OH)–C–C–N with tert-alkyl or cyclic N) is 1. The molecule has 36 heavy (non-hydrogen) atoms. The second-order valence-corrected chi connectivity index (χ2v) is 10.5. The van der Waals surface area contributed by atoms with Crippen LogP contribution in [0.1, 0.15) is 61.9 Å². The van der Waals surface area contributed by atoms with E-state index >= 15 is 0 Å². The van der Waals surface area contributed by atoms with Crippen LogP contribution < -0.4 is 5.32 Å². The van der Waals surface area contributed by atoms with E-state index in [0.29, 0.717) is 17.1 Å². The molecule has 3 aromatic rings. The number of thiazole rings is 1. The lowest BCUT2D eigenvalue weighted by Gasteiger charge is -2.29. The normalized spacial score (nSPS) is 19.5. The highest BCUT2D eigenvalue weighted by Gasteiger charge is 2.43. The Kier molecular flexibility index (Phi) is 7.87. The van der Waals surface area contributed by atoms with Gasteiger partial charge in [-0.15, -0.1) is 11.3 Å². The van der Waals surface area contributed by atoms with Crippen LogP contribution in [0.25, 0.3) is 10.4 Å². The number of nitrogens with zero attached hydrogens (tertiary/aromatic N) is 3.